The van der Waals surface area contributed by atoms with Crippen LogP contribution >= 0.6 is 0 Å². The second-order valence-corrected chi connectivity index (χ2v) is 11.4. The number of amides is 3. The first-order valence-electron chi connectivity index (χ1n) is 14.9. The molecule has 10 nitrogen and oxygen atoms in total. The van der Waals surface area contributed by atoms with Gasteiger partial charge in [-0.15, -0.1) is 0 Å². The van der Waals surface area contributed by atoms with Crippen LogP contribution in [0.5, 0.6) is 5.75 Å². The van der Waals surface area contributed by atoms with Crippen molar-refractivity contribution in [2.45, 2.75) is 44.8 Å². The summed E-state index contributed by atoms with van der Waals surface area (Å²) < 4.78 is 10.7. The number of rotatable bonds is 15. The molecule has 4 rings (SSSR count). The zero-order valence-electron chi connectivity index (χ0n) is 26.0. The number of alkyl carbamates (subject to hydrolysis) is 1. The summed E-state index contributed by atoms with van der Waals surface area (Å²) in [5.74, 6) is 0.0196. The minimum Gasteiger partial charge on any atom is -0.497 e. The van der Waals surface area contributed by atoms with E-state index in [0.29, 0.717) is 18.7 Å². The van der Waals surface area contributed by atoms with Gasteiger partial charge >= 0.3 is 6.09 Å². The van der Waals surface area contributed by atoms with Gasteiger partial charge in [0.15, 0.2) is 0 Å². The third-order valence-electron chi connectivity index (χ3n) is 7.54. The van der Waals surface area contributed by atoms with E-state index in [0.717, 1.165) is 22.4 Å². The largest absolute Gasteiger partial charge is 0.497 e. The van der Waals surface area contributed by atoms with Gasteiger partial charge in [-0.2, -0.15) is 0 Å². The van der Waals surface area contributed by atoms with Crippen molar-refractivity contribution in [1.82, 2.24) is 25.5 Å². The van der Waals surface area contributed by atoms with Gasteiger partial charge in [0.1, 0.15) is 18.4 Å². The number of aromatic amines is 1. The molecule has 4 aromatic rings. The molecule has 0 saturated heterocycles. The highest BCUT2D eigenvalue weighted by molar-refractivity contribution is 5.89. The average Bonchev–Trinajstić information content (AvgIpc) is 3.58. The lowest BCUT2D eigenvalue weighted by molar-refractivity contribution is -0.137. The quantitative estimate of drug-likeness (QED) is 0.183. The number of hydrogen-bond donors (Lipinski definition) is 3. The number of H-pyrrole nitrogens is 1. The van der Waals surface area contributed by atoms with E-state index in [2.05, 4.69) is 34.4 Å². The smallest absolute Gasteiger partial charge is 0.408 e. The van der Waals surface area contributed by atoms with Gasteiger partial charge in [0.05, 0.1) is 20.0 Å². The van der Waals surface area contributed by atoms with Gasteiger partial charge in [0.2, 0.25) is 11.8 Å². The maximum absolute atomic E-state index is 14.1. The molecule has 1 heterocycles. The molecule has 0 aliphatic carbocycles. The number of carbonyl (C=O) groups excluding carboxylic acids is 3. The van der Waals surface area contributed by atoms with Crippen LogP contribution in [-0.2, 0) is 39.2 Å². The molecule has 3 N–H and O–H groups in total. The lowest BCUT2D eigenvalue weighted by Crippen LogP contribution is -2.53. The number of imidazole rings is 1. The number of aromatic nitrogens is 2. The van der Waals surface area contributed by atoms with Crippen LogP contribution in [0.3, 0.4) is 0 Å². The minimum absolute atomic E-state index is 0.0540. The third-order valence-corrected chi connectivity index (χ3v) is 7.54. The van der Waals surface area contributed by atoms with E-state index >= 15 is 0 Å². The summed E-state index contributed by atoms with van der Waals surface area (Å²) >= 11 is 0. The molecule has 3 aromatic carbocycles. The van der Waals surface area contributed by atoms with Crippen LogP contribution in [0.1, 0.15) is 36.2 Å². The number of nitrogens with zero attached hydrogens (tertiary/aromatic N) is 2. The summed E-state index contributed by atoms with van der Waals surface area (Å²) in [4.78, 5) is 48.8. The highest BCUT2D eigenvalue weighted by Gasteiger charge is 2.29. The Bertz CT molecular complexity index is 1490. The number of methoxy groups -OCH3 is 1. The molecule has 0 bridgehead atoms. The summed E-state index contributed by atoms with van der Waals surface area (Å²) in [5, 5.41) is 5.73. The van der Waals surface area contributed by atoms with E-state index < -0.39 is 18.0 Å². The number of nitrogens with one attached hydrogen (secondary N) is 3. The van der Waals surface area contributed by atoms with Crippen LogP contribution in [0, 0.1) is 0 Å². The van der Waals surface area contributed by atoms with E-state index in [-0.39, 0.29) is 37.4 Å². The molecule has 236 valence electrons. The topological polar surface area (TPSA) is 126 Å². The highest BCUT2D eigenvalue weighted by Crippen LogP contribution is 2.21. The molecule has 1 atom stereocenters. The van der Waals surface area contributed by atoms with Crippen molar-refractivity contribution in [2.24, 2.45) is 0 Å². The van der Waals surface area contributed by atoms with Crippen molar-refractivity contribution >= 4 is 17.9 Å². The molecule has 1 aromatic heterocycles. The molecule has 45 heavy (non-hydrogen) atoms. The van der Waals surface area contributed by atoms with Gasteiger partial charge in [-0.1, -0.05) is 86.6 Å². The Morgan fingerprint density at radius 1 is 0.933 bits per heavy atom. The van der Waals surface area contributed by atoms with Gasteiger partial charge in [-0.3, -0.25) is 9.59 Å². The minimum atomic E-state index is -1.00. The maximum atomic E-state index is 14.1. The summed E-state index contributed by atoms with van der Waals surface area (Å²) in [6.45, 7) is 4.62. The maximum Gasteiger partial charge on any atom is 0.408 e. The standard InChI is InChI=1S/C35H41N5O5/c1-35(2,28-12-8-5-9-13-28)24-37-32(41)22-40(19-18-26-14-16-30(44-3)17-15-26)33(42)31(20-29-21-36-25-38-29)39-34(43)45-23-27-10-6-4-7-11-27/h4-17,21,25,31H,18-20,22-24H2,1-3H3,(H,36,38)(H,37,41)(H,39,43)/t31-/m0/s1. The first-order valence-corrected chi connectivity index (χ1v) is 14.9. The number of benzene rings is 3. The Morgan fingerprint density at radius 3 is 2.27 bits per heavy atom. The first-order chi connectivity index (χ1) is 21.7. The monoisotopic (exact) mass is 611 g/mol. The van der Waals surface area contributed by atoms with Crippen LogP contribution in [0.4, 0.5) is 4.79 Å². The highest BCUT2D eigenvalue weighted by atomic mass is 16.5. The van der Waals surface area contributed by atoms with Gasteiger partial charge in [0.25, 0.3) is 0 Å². The van der Waals surface area contributed by atoms with Crippen molar-refractivity contribution in [3.05, 3.63) is 120 Å². The van der Waals surface area contributed by atoms with Crippen LogP contribution in [0.15, 0.2) is 97.5 Å². The van der Waals surface area contributed by atoms with Gasteiger partial charge < -0.3 is 30.0 Å². The van der Waals surface area contributed by atoms with Crippen LogP contribution in [0.2, 0.25) is 0 Å². The fourth-order valence-corrected chi connectivity index (χ4v) is 4.81. The molecule has 10 heteroatoms. The Morgan fingerprint density at radius 2 is 1.62 bits per heavy atom. The molecule has 0 fully saturated rings. The molecule has 0 saturated carbocycles. The van der Waals surface area contributed by atoms with Crippen molar-refractivity contribution in [3.8, 4) is 5.75 Å². The third kappa shape index (κ3) is 10.2. The molecule has 0 radical (unpaired) electrons. The second kappa shape index (κ2) is 16.1. The second-order valence-electron chi connectivity index (χ2n) is 11.4. The van der Waals surface area contributed by atoms with Gasteiger partial charge in [0, 0.05) is 36.8 Å². The van der Waals surface area contributed by atoms with E-state index in [4.69, 9.17) is 9.47 Å². The number of carbonyl (C=O) groups is 3. The van der Waals surface area contributed by atoms with Gasteiger partial charge in [-0.05, 0) is 35.2 Å². The zero-order chi connectivity index (χ0) is 32.1. The Balaban J connectivity index is 1.48. The molecule has 0 aliphatic rings. The molecule has 0 spiro atoms. The number of hydrogen-bond acceptors (Lipinski definition) is 6. The zero-order valence-corrected chi connectivity index (χ0v) is 26.0. The van der Waals surface area contributed by atoms with Crippen molar-refractivity contribution in [3.63, 3.8) is 0 Å². The summed E-state index contributed by atoms with van der Waals surface area (Å²) in [5.41, 5.74) is 3.22. The number of ether oxygens (including phenoxy) is 2. The predicted octanol–water partition coefficient (Wildman–Crippen LogP) is 4.42. The van der Waals surface area contributed by atoms with E-state index in [1.54, 1.807) is 13.3 Å². The van der Waals surface area contributed by atoms with E-state index in [1.165, 1.54) is 11.2 Å². The van der Waals surface area contributed by atoms with E-state index in [1.807, 2.05) is 84.9 Å². The van der Waals surface area contributed by atoms with Gasteiger partial charge in [-0.25, -0.2) is 9.78 Å². The fourth-order valence-electron chi connectivity index (χ4n) is 4.81. The van der Waals surface area contributed by atoms with Crippen LogP contribution in [0.25, 0.3) is 0 Å². The fraction of sp³-hybridized carbons (Fsp3) is 0.314. The van der Waals surface area contributed by atoms with Crippen molar-refractivity contribution < 1.29 is 23.9 Å². The molecule has 0 unspecified atom stereocenters. The molecular weight excluding hydrogens is 570 g/mol. The SMILES string of the molecule is COc1ccc(CCN(CC(=O)NCC(C)(C)c2ccccc2)C(=O)[C@H](Cc2cnc[nH]2)NC(=O)OCc2ccccc2)cc1. The molecule has 3 amide bonds. The lowest BCUT2D eigenvalue weighted by Gasteiger charge is -2.29. The Hall–Kier alpha value is -5.12. The van der Waals surface area contributed by atoms with Crippen molar-refractivity contribution in [2.75, 3.05) is 26.7 Å². The lowest BCUT2D eigenvalue weighted by atomic mass is 9.84. The van der Waals surface area contributed by atoms with Crippen molar-refractivity contribution in [1.29, 1.82) is 0 Å². The summed E-state index contributed by atoms with van der Waals surface area (Å²) in [7, 11) is 1.60. The first kappa shape index (κ1) is 32.8. The Kier molecular flexibility index (Phi) is 11.7. The normalized spacial score (nSPS) is 11.7. The van der Waals surface area contributed by atoms with E-state index in [9.17, 15) is 14.4 Å². The predicted molar refractivity (Wildman–Crippen MR) is 172 cm³/mol. The average molecular weight is 612 g/mol. The molecular formula is C35H41N5O5. The summed E-state index contributed by atoms with van der Waals surface area (Å²) in [6.07, 6.45) is 3.00. The van der Waals surface area contributed by atoms with Crippen LogP contribution in [-0.4, -0.2) is 65.6 Å². The molecule has 0 aliphatic heterocycles. The van der Waals surface area contributed by atoms with Crippen LogP contribution < -0.4 is 15.4 Å². The summed E-state index contributed by atoms with van der Waals surface area (Å²) in [6, 6.07) is 25.8. The Labute approximate surface area is 264 Å².